The number of ether oxygens (including phenoxy) is 1. The lowest BCUT2D eigenvalue weighted by atomic mass is 10.1. The molecule has 8 heteroatoms. The van der Waals surface area contributed by atoms with Crippen molar-refractivity contribution in [3.8, 4) is 0 Å². The molecule has 128 valence electrons. The summed E-state index contributed by atoms with van der Waals surface area (Å²) in [5.74, 6) is -0.420. The molecule has 0 aliphatic carbocycles. The second kappa shape index (κ2) is 8.64. The van der Waals surface area contributed by atoms with E-state index in [4.69, 9.17) is 4.74 Å². The van der Waals surface area contributed by atoms with Gasteiger partial charge in [0.1, 0.15) is 0 Å². The third-order valence-electron chi connectivity index (χ3n) is 3.11. The van der Waals surface area contributed by atoms with Gasteiger partial charge in [0, 0.05) is 32.2 Å². The Balaban J connectivity index is 2.84. The molecule has 0 unspecified atom stereocenters. The van der Waals surface area contributed by atoms with E-state index in [9.17, 15) is 18.0 Å². The van der Waals surface area contributed by atoms with Crippen molar-refractivity contribution in [2.24, 2.45) is 0 Å². The van der Waals surface area contributed by atoms with Gasteiger partial charge in [0.25, 0.3) is 0 Å². The number of ketones is 1. The molecule has 0 radical (unpaired) electrons. The van der Waals surface area contributed by atoms with Crippen LogP contribution in [0, 0.1) is 0 Å². The molecule has 1 N–H and O–H groups in total. The molecule has 1 rings (SSSR count). The van der Waals surface area contributed by atoms with E-state index in [1.165, 1.54) is 20.1 Å². The first kappa shape index (κ1) is 19.1. The highest BCUT2D eigenvalue weighted by molar-refractivity contribution is 7.92. The number of sulfonamides is 1. The van der Waals surface area contributed by atoms with E-state index in [-0.39, 0.29) is 24.7 Å². The number of carbonyl (C=O) groups excluding carboxylic acids is 2. The molecule has 0 fully saturated rings. The summed E-state index contributed by atoms with van der Waals surface area (Å²) < 4.78 is 29.9. The Morgan fingerprint density at radius 3 is 2.57 bits per heavy atom. The van der Waals surface area contributed by atoms with Gasteiger partial charge >= 0.3 is 0 Å². The molecule has 23 heavy (non-hydrogen) atoms. The van der Waals surface area contributed by atoms with Gasteiger partial charge in [0.15, 0.2) is 5.78 Å². The van der Waals surface area contributed by atoms with Crippen LogP contribution in [0.2, 0.25) is 0 Å². The number of anilines is 1. The van der Waals surface area contributed by atoms with Crippen molar-refractivity contribution in [1.82, 2.24) is 5.32 Å². The third kappa shape index (κ3) is 6.37. The van der Waals surface area contributed by atoms with Gasteiger partial charge in [-0.3, -0.25) is 13.9 Å². The zero-order valence-corrected chi connectivity index (χ0v) is 14.4. The fourth-order valence-electron chi connectivity index (χ4n) is 1.95. The molecule has 7 nitrogen and oxygen atoms in total. The Labute approximate surface area is 136 Å². The summed E-state index contributed by atoms with van der Waals surface area (Å²) in [4.78, 5) is 23.2. The molecule has 0 aliphatic rings. The van der Waals surface area contributed by atoms with Crippen molar-refractivity contribution in [2.45, 2.75) is 13.3 Å². The first-order valence-electron chi connectivity index (χ1n) is 7.10. The van der Waals surface area contributed by atoms with Crippen LogP contribution in [0.1, 0.15) is 23.7 Å². The topological polar surface area (TPSA) is 92.8 Å². The molecule has 1 aromatic carbocycles. The Morgan fingerprint density at radius 2 is 2.00 bits per heavy atom. The van der Waals surface area contributed by atoms with Crippen molar-refractivity contribution >= 4 is 27.4 Å². The molecule has 0 atom stereocenters. The number of rotatable bonds is 9. The van der Waals surface area contributed by atoms with Crippen LogP contribution >= 0.6 is 0 Å². The average Bonchev–Trinajstić information content (AvgIpc) is 2.46. The summed E-state index contributed by atoms with van der Waals surface area (Å²) in [7, 11) is -2.04. The molecule has 1 aromatic rings. The predicted octanol–water partition coefficient (Wildman–Crippen LogP) is 0.808. The fourth-order valence-corrected chi connectivity index (χ4v) is 2.87. The van der Waals surface area contributed by atoms with Crippen LogP contribution in [0.4, 0.5) is 5.69 Å². The molecule has 0 heterocycles. The van der Waals surface area contributed by atoms with Crippen LogP contribution in [-0.2, 0) is 19.6 Å². The van der Waals surface area contributed by atoms with Crippen LogP contribution in [0.15, 0.2) is 24.3 Å². The second-order valence-corrected chi connectivity index (χ2v) is 6.94. The van der Waals surface area contributed by atoms with Crippen LogP contribution < -0.4 is 9.62 Å². The van der Waals surface area contributed by atoms with Crippen molar-refractivity contribution in [1.29, 1.82) is 0 Å². The maximum Gasteiger partial charge on any atom is 0.232 e. The van der Waals surface area contributed by atoms with Crippen LogP contribution in [-0.4, -0.2) is 53.2 Å². The minimum atomic E-state index is -3.56. The van der Waals surface area contributed by atoms with E-state index in [1.807, 2.05) is 0 Å². The monoisotopic (exact) mass is 342 g/mol. The SMILES string of the molecule is COCCNC(=O)CCN(c1cccc(C(C)=O)c1)S(C)(=O)=O. The Bertz CT molecular complexity index is 658. The molecule has 1 amide bonds. The first-order chi connectivity index (χ1) is 10.8. The number of Topliss-reactive ketones (excluding diaryl/α,β-unsaturated/α-hetero) is 1. The number of nitrogens with zero attached hydrogens (tertiary/aromatic N) is 1. The van der Waals surface area contributed by atoms with Crippen molar-refractivity contribution in [3.05, 3.63) is 29.8 Å². The van der Waals surface area contributed by atoms with Crippen molar-refractivity contribution in [2.75, 3.05) is 37.4 Å². The molecular weight excluding hydrogens is 320 g/mol. The highest BCUT2D eigenvalue weighted by atomic mass is 32.2. The minimum absolute atomic E-state index is 0.000985. The molecule has 0 aromatic heterocycles. The second-order valence-electron chi connectivity index (χ2n) is 5.03. The van der Waals surface area contributed by atoms with E-state index >= 15 is 0 Å². The normalized spacial score (nSPS) is 11.1. The molecule has 0 saturated carbocycles. The number of carbonyl (C=O) groups is 2. The summed E-state index contributed by atoms with van der Waals surface area (Å²) in [6.07, 6.45) is 1.08. The molecule has 0 bridgehead atoms. The van der Waals surface area contributed by atoms with Gasteiger partial charge in [-0.1, -0.05) is 12.1 Å². The lowest BCUT2D eigenvalue weighted by Gasteiger charge is -2.22. The van der Waals surface area contributed by atoms with Crippen LogP contribution in [0.3, 0.4) is 0 Å². The summed E-state index contributed by atoms with van der Waals surface area (Å²) in [5.41, 5.74) is 0.783. The van der Waals surface area contributed by atoms with Crippen LogP contribution in [0.5, 0.6) is 0 Å². The predicted molar refractivity (Wildman–Crippen MR) is 88.1 cm³/mol. The Kier molecular flexibility index (Phi) is 7.18. The van der Waals surface area contributed by atoms with Gasteiger partial charge < -0.3 is 10.1 Å². The summed E-state index contributed by atoms with van der Waals surface area (Å²) in [6, 6.07) is 6.33. The van der Waals surface area contributed by atoms with Gasteiger partial charge in [-0.2, -0.15) is 0 Å². The number of hydrogen-bond acceptors (Lipinski definition) is 5. The number of amides is 1. The van der Waals surface area contributed by atoms with Gasteiger partial charge in [0.05, 0.1) is 18.6 Å². The summed E-state index contributed by atoms with van der Waals surface area (Å²) >= 11 is 0. The number of hydrogen-bond donors (Lipinski definition) is 1. The zero-order chi connectivity index (χ0) is 17.5. The Hall–Kier alpha value is -1.93. The third-order valence-corrected chi connectivity index (χ3v) is 4.31. The fraction of sp³-hybridized carbons (Fsp3) is 0.467. The lowest BCUT2D eigenvalue weighted by Crippen LogP contribution is -2.35. The van der Waals surface area contributed by atoms with Crippen molar-refractivity contribution < 1.29 is 22.7 Å². The molecule has 0 saturated heterocycles. The van der Waals surface area contributed by atoms with Gasteiger partial charge in [-0.05, 0) is 19.1 Å². The van der Waals surface area contributed by atoms with E-state index < -0.39 is 10.0 Å². The van der Waals surface area contributed by atoms with Crippen LogP contribution in [0.25, 0.3) is 0 Å². The smallest absolute Gasteiger partial charge is 0.232 e. The molecule has 0 aliphatic heterocycles. The molecule has 0 spiro atoms. The maximum atomic E-state index is 12.0. The number of benzene rings is 1. The maximum absolute atomic E-state index is 12.0. The van der Waals surface area contributed by atoms with Gasteiger partial charge in [0.2, 0.25) is 15.9 Å². The number of nitrogens with one attached hydrogen (secondary N) is 1. The van der Waals surface area contributed by atoms with E-state index in [0.717, 1.165) is 10.6 Å². The van der Waals surface area contributed by atoms with E-state index in [0.29, 0.717) is 24.4 Å². The van der Waals surface area contributed by atoms with E-state index in [2.05, 4.69) is 5.32 Å². The van der Waals surface area contributed by atoms with Crippen molar-refractivity contribution in [3.63, 3.8) is 0 Å². The largest absolute Gasteiger partial charge is 0.383 e. The Morgan fingerprint density at radius 1 is 1.30 bits per heavy atom. The lowest BCUT2D eigenvalue weighted by molar-refractivity contribution is -0.121. The van der Waals surface area contributed by atoms with Gasteiger partial charge in [-0.15, -0.1) is 0 Å². The van der Waals surface area contributed by atoms with Gasteiger partial charge in [-0.25, -0.2) is 8.42 Å². The number of methoxy groups -OCH3 is 1. The summed E-state index contributed by atoms with van der Waals surface area (Å²) in [6.45, 7) is 2.17. The van der Waals surface area contributed by atoms with E-state index in [1.54, 1.807) is 18.2 Å². The quantitative estimate of drug-likeness (QED) is 0.529. The minimum Gasteiger partial charge on any atom is -0.383 e. The highest BCUT2D eigenvalue weighted by Gasteiger charge is 2.19. The zero-order valence-electron chi connectivity index (χ0n) is 13.5. The average molecular weight is 342 g/mol. The molecular formula is C15H22N2O5S. The first-order valence-corrected chi connectivity index (χ1v) is 8.95. The standard InChI is InChI=1S/C15H22N2O5S/c1-12(18)13-5-4-6-14(11-13)17(23(3,20)21)9-7-15(19)16-8-10-22-2/h4-6,11H,7-10H2,1-3H3,(H,16,19). The highest BCUT2D eigenvalue weighted by Crippen LogP contribution is 2.19. The summed E-state index contributed by atoms with van der Waals surface area (Å²) in [5, 5.41) is 2.63.